The van der Waals surface area contributed by atoms with Crippen LogP contribution in [0.5, 0.6) is 11.5 Å². The molecule has 1 aromatic carbocycles. The lowest BCUT2D eigenvalue weighted by atomic mass is 9.77. The van der Waals surface area contributed by atoms with Crippen molar-refractivity contribution in [1.82, 2.24) is 19.6 Å². The SMILES string of the molecule is C=C[C@@H]1C[C@]1(CC(=O)[C@@H]1C[C@@H](Oc2cc(-c3csc(NC(C)C)n3)nc3cc(OC)ccc23)CN1C(=O)[C@@H](CC(=O)OC1CCCC1)C(C)(C)C)C(=O)NS(=O)(=O)OCC(F)(F)F. The van der Waals surface area contributed by atoms with Crippen molar-refractivity contribution >= 4 is 61.2 Å². The second-order valence-electron chi connectivity index (χ2n) is 17.8. The molecule has 5 atom stereocenters. The van der Waals surface area contributed by atoms with E-state index in [1.807, 2.05) is 19.2 Å². The van der Waals surface area contributed by atoms with Gasteiger partial charge in [0.05, 0.1) is 48.7 Å². The minimum absolute atomic E-state index is 0.0403. The lowest BCUT2D eigenvalue weighted by Crippen LogP contribution is -2.48. The highest BCUT2D eigenvalue weighted by Gasteiger charge is 2.61. The summed E-state index contributed by atoms with van der Waals surface area (Å²) in [5.74, 6) is -3.69. The number of nitrogens with one attached hydrogen (secondary N) is 2. The van der Waals surface area contributed by atoms with Crippen LogP contribution < -0.4 is 19.5 Å². The lowest BCUT2D eigenvalue weighted by molar-refractivity contribution is -0.156. The van der Waals surface area contributed by atoms with Crippen molar-refractivity contribution in [2.75, 3.05) is 25.6 Å². The third-order valence-electron chi connectivity index (χ3n) is 11.6. The third-order valence-corrected chi connectivity index (χ3v) is 13.3. The number of rotatable bonds is 18. The van der Waals surface area contributed by atoms with E-state index in [1.165, 1.54) is 29.4 Å². The van der Waals surface area contributed by atoms with E-state index >= 15 is 0 Å². The Bertz CT molecular complexity index is 2330. The number of pyridine rings is 1. The van der Waals surface area contributed by atoms with Crippen molar-refractivity contribution in [1.29, 1.82) is 0 Å². The first-order valence-corrected chi connectivity index (χ1v) is 23.1. The quantitative estimate of drug-likeness (QED) is 0.0966. The van der Waals surface area contributed by atoms with Crippen molar-refractivity contribution in [3.8, 4) is 22.9 Å². The number of hydrogen-bond acceptors (Lipinski definition) is 14. The molecular weight excluding hydrogens is 868 g/mol. The molecule has 2 aliphatic carbocycles. The van der Waals surface area contributed by atoms with Gasteiger partial charge in [-0.2, -0.15) is 21.6 Å². The van der Waals surface area contributed by atoms with Gasteiger partial charge < -0.3 is 24.4 Å². The van der Waals surface area contributed by atoms with Gasteiger partial charge >= 0.3 is 22.4 Å². The molecule has 63 heavy (non-hydrogen) atoms. The fraction of sp³-hybridized carbons (Fsp3) is 0.581. The highest BCUT2D eigenvalue weighted by atomic mass is 32.2. The van der Waals surface area contributed by atoms with Crippen molar-refractivity contribution in [3.63, 3.8) is 0 Å². The molecule has 1 saturated heterocycles. The Morgan fingerprint density at radius 1 is 1.06 bits per heavy atom. The molecule has 6 rings (SSSR count). The summed E-state index contributed by atoms with van der Waals surface area (Å²) in [6.45, 7) is 10.8. The van der Waals surface area contributed by atoms with Crippen LogP contribution in [0, 0.1) is 22.7 Å². The Labute approximate surface area is 368 Å². The van der Waals surface area contributed by atoms with Crippen molar-refractivity contribution in [2.24, 2.45) is 22.7 Å². The molecule has 15 nitrogen and oxygen atoms in total. The van der Waals surface area contributed by atoms with Crippen LogP contribution in [-0.4, -0.2) is 97.6 Å². The number of anilines is 1. The number of ketones is 1. The zero-order valence-electron chi connectivity index (χ0n) is 36.1. The van der Waals surface area contributed by atoms with Gasteiger partial charge in [0.15, 0.2) is 17.5 Å². The van der Waals surface area contributed by atoms with Crippen LogP contribution in [0.4, 0.5) is 18.3 Å². The van der Waals surface area contributed by atoms with Gasteiger partial charge in [0.1, 0.15) is 29.4 Å². The Morgan fingerprint density at radius 3 is 2.40 bits per heavy atom. The number of alkyl halides is 3. The van der Waals surface area contributed by atoms with E-state index in [9.17, 15) is 40.8 Å². The van der Waals surface area contributed by atoms with Gasteiger partial charge in [0.2, 0.25) is 11.8 Å². The van der Waals surface area contributed by atoms with Crippen LogP contribution in [-0.2, 0) is 38.4 Å². The number of hydrogen-bond donors (Lipinski definition) is 2. The Hall–Kier alpha value is -4.82. The van der Waals surface area contributed by atoms with E-state index in [4.69, 9.17) is 24.2 Å². The Morgan fingerprint density at radius 2 is 1.78 bits per heavy atom. The number of fused-ring (bicyclic) bond motifs is 1. The minimum atomic E-state index is -5.22. The molecule has 3 aromatic rings. The van der Waals surface area contributed by atoms with E-state index in [-0.39, 0.29) is 38.0 Å². The number of nitrogens with zero attached hydrogens (tertiary/aromatic N) is 3. The fourth-order valence-electron chi connectivity index (χ4n) is 8.22. The smallest absolute Gasteiger partial charge is 0.413 e. The topological polar surface area (TPSA) is 192 Å². The average Bonchev–Trinajstić information content (AvgIpc) is 3.61. The maximum Gasteiger partial charge on any atom is 0.413 e. The molecule has 2 saturated carbocycles. The average molecular weight is 922 g/mol. The van der Waals surface area contributed by atoms with Gasteiger partial charge in [-0.25, -0.2) is 18.9 Å². The van der Waals surface area contributed by atoms with Crippen molar-refractivity contribution in [2.45, 2.75) is 116 Å². The molecule has 0 unspecified atom stereocenters. The van der Waals surface area contributed by atoms with Crippen LogP contribution in [0.3, 0.4) is 0 Å². The van der Waals surface area contributed by atoms with Gasteiger partial charge in [0.25, 0.3) is 0 Å². The highest BCUT2D eigenvalue weighted by molar-refractivity contribution is 7.85. The van der Waals surface area contributed by atoms with Crippen LogP contribution in [0.1, 0.15) is 86.0 Å². The molecular formula is C43H54F3N5O10S2. The first kappa shape index (κ1) is 47.7. The standard InChI is InChI=1S/C43H54F3N5O10S2/c1-8-25-19-42(25,39(55)50-63(56,57)59-23-43(44,45)46)20-35(52)34-16-28(21-51(34)38(54)30(41(4,5)6)17-37(53)61-26-11-9-10-12-26)60-36-18-32(33-22-62-40(49-33)47-24(2)3)48-31-15-27(58-7)13-14-29(31)36/h8,13-15,18,22,24-26,28,30,34H,1,9-12,16-17,19-21,23H2,2-7H3,(H,47,49)(H,50,55)/t25-,28-,30-,34+,42-/m1/s1. The summed E-state index contributed by atoms with van der Waals surface area (Å²) < 4.78 is 86.7. The Kier molecular flexibility index (Phi) is 14.2. The number of aromatic nitrogens is 2. The highest BCUT2D eigenvalue weighted by Crippen LogP contribution is 2.57. The second kappa shape index (κ2) is 18.7. The number of likely N-dealkylation sites (tertiary alicyclic amines) is 1. The van der Waals surface area contributed by atoms with E-state index in [0.717, 1.165) is 25.7 Å². The molecule has 3 aliphatic rings. The Balaban J connectivity index is 1.33. The number of carbonyl (C=O) groups excluding carboxylic acids is 4. The molecule has 0 radical (unpaired) electrons. The number of ether oxygens (including phenoxy) is 3. The number of amides is 2. The summed E-state index contributed by atoms with van der Waals surface area (Å²) in [5.41, 5.74) is -0.923. The number of esters is 1. The summed E-state index contributed by atoms with van der Waals surface area (Å²) in [6.07, 6.45) is -2.34. The molecule has 0 bridgehead atoms. The van der Waals surface area contributed by atoms with Gasteiger partial charge in [0, 0.05) is 41.8 Å². The second-order valence-corrected chi connectivity index (χ2v) is 20.0. The first-order valence-electron chi connectivity index (χ1n) is 20.8. The molecule has 3 fully saturated rings. The molecule has 3 heterocycles. The van der Waals surface area contributed by atoms with Crippen molar-refractivity contribution < 1.29 is 59.2 Å². The molecule has 20 heteroatoms. The van der Waals surface area contributed by atoms with Gasteiger partial charge in [-0.15, -0.1) is 17.9 Å². The predicted octanol–water partition coefficient (Wildman–Crippen LogP) is 7.17. The lowest BCUT2D eigenvalue weighted by Gasteiger charge is -2.35. The number of carbonyl (C=O) groups is 4. The van der Waals surface area contributed by atoms with Gasteiger partial charge in [-0.1, -0.05) is 26.8 Å². The molecule has 2 N–H and O–H groups in total. The van der Waals surface area contributed by atoms with Crippen LogP contribution in [0.25, 0.3) is 22.3 Å². The molecule has 1 aliphatic heterocycles. The maximum absolute atomic E-state index is 14.8. The minimum Gasteiger partial charge on any atom is -0.497 e. The number of allylic oxidation sites excluding steroid dienone is 1. The number of benzene rings is 1. The van der Waals surface area contributed by atoms with Gasteiger partial charge in [-0.05, 0) is 69.4 Å². The summed E-state index contributed by atoms with van der Waals surface area (Å²) >= 11 is 1.41. The fourth-order valence-corrected chi connectivity index (χ4v) is 9.85. The van der Waals surface area contributed by atoms with Crippen LogP contribution in [0.15, 0.2) is 42.3 Å². The summed E-state index contributed by atoms with van der Waals surface area (Å²) in [4.78, 5) is 67.3. The predicted molar refractivity (Wildman–Crippen MR) is 228 cm³/mol. The van der Waals surface area contributed by atoms with E-state index in [1.54, 1.807) is 49.8 Å². The zero-order valence-corrected chi connectivity index (χ0v) is 37.7. The van der Waals surface area contributed by atoms with E-state index in [0.29, 0.717) is 38.9 Å². The third kappa shape index (κ3) is 11.7. The number of Topliss-reactive ketones (excluding diaryl/α,β-unsaturated/α-hetero) is 1. The molecule has 344 valence electrons. The van der Waals surface area contributed by atoms with Crippen molar-refractivity contribution in [3.05, 3.63) is 42.3 Å². The van der Waals surface area contributed by atoms with Crippen LogP contribution >= 0.6 is 11.3 Å². The molecule has 0 spiro atoms. The summed E-state index contributed by atoms with van der Waals surface area (Å²) in [6, 6.07) is 5.89. The summed E-state index contributed by atoms with van der Waals surface area (Å²) in [7, 11) is -3.69. The van der Waals surface area contributed by atoms with E-state index < -0.39 is 87.9 Å². The summed E-state index contributed by atoms with van der Waals surface area (Å²) in [5, 5.41) is 6.42. The number of methoxy groups -OCH3 is 1. The van der Waals surface area contributed by atoms with Crippen LogP contribution in [0.2, 0.25) is 0 Å². The number of halogens is 3. The normalized spacial score (nSPS) is 22.2. The monoisotopic (exact) mass is 921 g/mol. The zero-order chi connectivity index (χ0) is 46.1. The largest absolute Gasteiger partial charge is 0.497 e. The first-order chi connectivity index (χ1) is 29.5. The van der Waals surface area contributed by atoms with Gasteiger partial charge in [-0.3, -0.25) is 19.2 Å². The maximum atomic E-state index is 14.8. The van der Waals surface area contributed by atoms with E-state index in [2.05, 4.69) is 16.1 Å². The number of thiazole rings is 1. The molecule has 2 amide bonds. The molecule has 2 aromatic heterocycles.